The lowest BCUT2D eigenvalue weighted by atomic mass is 10.0. The molecule has 1 aromatic rings. The highest BCUT2D eigenvalue weighted by molar-refractivity contribution is 5.67. The number of carboxylic acid groups (broad SMARTS) is 1. The Morgan fingerprint density at radius 1 is 1.35 bits per heavy atom. The minimum Gasteiger partial charge on any atom is -0.481 e. The van der Waals surface area contributed by atoms with E-state index < -0.39 is 12.0 Å². The first-order valence-electron chi connectivity index (χ1n) is 5.73. The van der Waals surface area contributed by atoms with Crippen molar-refractivity contribution in [1.29, 1.82) is 0 Å². The van der Waals surface area contributed by atoms with Gasteiger partial charge in [-0.1, -0.05) is 24.3 Å². The summed E-state index contributed by atoms with van der Waals surface area (Å²) in [5.74, 6) is -0.893. The standard InChI is InChI=1S/C13H19NO3/c1-9(15)2-3-10-4-6-11(7-5-10)12(14)8-13(16)17/h4-7,9,12,15H,2-3,8,14H2,1H3,(H,16,17). The number of nitrogens with two attached hydrogens (primary N) is 1. The number of aliphatic hydroxyl groups excluding tert-OH is 1. The van der Waals surface area contributed by atoms with Gasteiger partial charge in [0.2, 0.25) is 0 Å². The molecule has 17 heavy (non-hydrogen) atoms. The van der Waals surface area contributed by atoms with E-state index in [9.17, 15) is 9.90 Å². The van der Waals surface area contributed by atoms with Gasteiger partial charge >= 0.3 is 5.97 Å². The third-order valence-electron chi connectivity index (χ3n) is 2.65. The summed E-state index contributed by atoms with van der Waals surface area (Å²) in [4.78, 5) is 10.5. The fourth-order valence-electron chi connectivity index (χ4n) is 1.61. The van der Waals surface area contributed by atoms with Gasteiger partial charge in [0.15, 0.2) is 0 Å². The van der Waals surface area contributed by atoms with E-state index in [1.165, 1.54) is 0 Å². The third-order valence-corrected chi connectivity index (χ3v) is 2.65. The zero-order valence-electron chi connectivity index (χ0n) is 9.97. The summed E-state index contributed by atoms with van der Waals surface area (Å²) in [6, 6.07) is 7.10. The summed E-state index contributed by atoms with van der Waals surface area (Å²) < 4.78 is 0. The van der Waals surface area contributed by atoms with Crippen molar-refractivity contribution in [2.45, 2.75) is 38.3 Å². The molecule has 4 N–H and O–H groups in total. The molecular weight excluding hydrogens is 218 g/mol. The van der Waals surface area contributed by atoms with E-state index in [0.717, 1.165) is 24.0 Å². The molecule has 0 aliphatic heterocycles. The van der Waals surface area contributed by atoms with Crippen LogP contribution in [0, 0.1) is 0 Å². The Balaban J connectivity index is 2.58. The lowest BCUT2D eigenvalue weighted by Crippen LogP contribution is -2.14. The van der Waals surface area contributed by atoms with Crippen LogP contribution in [-0.4, -0.2) is 22.3 Å². The molecule has 0 aliphatic rings. The Morgan fingerprint density at radius 3 is 2.41 bits per heavy atom. The molecule has 0 bridgehead atoms. The number of aliphatic carboxylic acids is 1. The maximum absolute atomic E-state index is 10.5. The first kappa shape index (κ1) is 13.7. The molecule has 0 heterocycles. The summed E-state index contributed by atoms with van der Waals surface area (Å²) >= 11 is 0. The maximum atomic E-state index is 10.5. The number of hydrogen-bond acceptors (Lipinski definition) is 3. The fraction of sp³-hybridized carbons (Fsp3) is 0.462. The van der Waals surface area contributed by atoms with Crippen molar-refractivity contribution in [2.75, 3.05) is 0 Å². The van der Waals surface area contributed by atoms with E-state index in [1.807, 2.05) is 24.3 Å². The SMILES string of the molecule is CC(O)CCc1ccc(C(N)CC(=O)O)cc1. The zero-order valence-corrected chi connectivity index (χ0v) is 9.97. The lowest BCUT2D eigenvalue weighted by molar-refractivity contribution is -0.137. The Hall–Kier alpha value is -1.39. The molecule has 94 valence electrons. The first-order chi connectivity index (χ1) is 7.99. The molecule has 4 nitrogen and oxygen atoms in total. The van der Waals surface area contributed by atoms with Crippen molar-refractivity contribution >= 4 is 5.97 Å². The molecule has 0 aliphatic carbocycles. The molecule has 0 saturated heterocycles. The van der Waals surface area contributed by atoms with E-state index in [0.29, 0.717) is 0 Å². The van der Waals surface area contributed by atoms with Crippen molar-refractivity contribution in [3.05, 3.63) is 35.4 Å². The quantitative estimate of drug-likeness (QED) is 0.699. The van der Waals surface area contributed by atoms with E-state index in [1.54, 1.807) is 6.92 Å². The van der Waals surface area contributed by atoms with Crippen molar-refractivity contribution in [3.63, 3.8) is 0 Å². The van der Waals surface area contributed by atoms with Crippen LogP contribution in [0.25, 0.3) is 0 Å². The van der Waals surface area contributed by atoms with Gasteiger partial charge in [0.1, 0.15) is 0 Å². The van der Waals surface area contributed by atoms with Gasteiger partial charge in [-0.05, 0) is 30.9 Å². The molecule has 0 amide bonds. The highest BCUT2D eigenvalue weighted by atomic mass is 16.4. The Bertz CT molecular complexity index is 359. The predicted octanol–water partition coefficient (Wildman–Crippen LogP) is 1.47. The molecule has 0 saturated carbocycles. The number of carboxylic acids is 1. The highest BCUT2D eigenvalue weighted by Gasteiger charge is 2.10. The van der Waals surface area contributed by atoms with Crippen molar-refractivity contribution in [1.82, 2.24) is 0 Å². The van der Waals surface area contributed by atoms with Gasteiger partial charge in [-0.25, -0.2) is 0 Å². The average Bonchev–Trinajstić information content (AvgIpc) is 2.26. The van der Waals surface area contributed by atoms with Gasteiger partial charge in [0.05, 0.1) is 12.5 Å². The molecule has 2 atom stereocenters. The van der Waals surface area contributed by atoms with E-state index in [2.05, 4.69) is 0 Å². The number of rotatable bonds is 6. The number of carbonyl (C=O) groups is 1. The second-order valence-corrected chi connectivity index (χ2v) is 4.33. The molecule has 1 aromatic carbocycles. The molecule has 0 spiro atoms. The van der Waals surface area contributed by atoms with Crippen molar-refractivity contribution in [3.8, 4) is 0 Å². The molecule has 4 heteroatoms. The normalized spacial score (nSPS) is 14.3. The number of aryl methyl sites for hydroxylation is 1. The van der Waals surface area contributed by atoms with Crippen LogP contribution < -0.4 is 5.73 Å². The molecule has 2 unspecified atom stereocenters. The second-order valence-electron chi connectivity index (χ2n) is 4.33. The minimum absolute atomic E-state index is 0.0625. The largest absolute Gasteiger partial charge is 0.481 e. The predicted molar refractivity (Wildman–Crippen MR) is 65.6 cm³/mol. The van der Waals surface area contributed by atoms with Crippen LogP contribution in [0.4, 0.5) is 0 Å². The molecular formula is C13H19NO3. The van der Waals surface area contributed by atoms with Crippen LogP contribution in [0.15, 0.2) is 24.3 Å². The van der Waals surface area contributed by atoms with E-state index in [4.69, 9.17) is 10.8 Å². The Morgan fingerprint density at radius 2 is 1.94 bits per heavy atom. The number of benzene rings is 1. The van der Waals surface area contributed by atoms with Gasteiger partial charge in [0, 0.05) is 6.04 Å². The molecule has 0 aromatic heterocycles. The first-order valence-corrected chi connectivity index (χ1v) is 5.73. The topological polar surface area (TPSA) is 83.5 Å². The van der Waals surface area contributed by atoms with Crippen molar-refractivity contribution in [2.24, 2.45) is 5.73 Å². The Kier molecular flexibility index (Phi) is 5.12. The van der Waals surface area contributed by atoms with Crippen LogP contribution in [-0.2, 0) is 11.2 Å². The summed E-state index contributed by atoms with van der Waals surface area (Å²) in [6.45, 7) is 1.76. The van der Waals surface area contributed by atoms with Gasteiger partial charge in [-0.3, -0.25) is 4.79 Å². The van der Waals surface area contributed by atoms with Gasteiger partial charge in [0.25, 0.3) is 0 Å². The molecule has 1 rings (SSSR count). The van der Waals surface area contributed by atoms with Gasteiger partial charge in [-0.2, -0.15) is 0 Å². The summed E-state index contributed by atoms with van der Waals surface area (Å²) in [7, 11) is 0. The van der Waals surface area contributed by atoms with Crippen LogP contribution in [0.3, 0.4) is 0 Å². The Labute approximate surface area is 101 Å². The highest BCUT2D eigenvalue weighted by Crippen LogP contribution is 2.15. The third kappa shape index (κ3) is 4.97. The summed E-state index contributed by atoms with van der Waals surface area (Å²) in [5, 5.41) is 17.8. The fourth-order valence-corrected chi connectivity index (χ4v) is 1.61. The molecule has 0 radical (unpaired) electrons. The van der Waals surface area contributed by atoms with E-state index >= 15 is 0 Å². The van der Waals surface area contributed by atoms with Crippen molar-refractivity contribution < 1.29 is 15.0 Å². The minimum atomic E-state index is -0.893. The maximum Gasteiger partial charge on any atom is 0.305 e. The van der Waals surface area contributed by atoms with Crippen LogP contribution >= 0.6 is 0 Å². The molecule has 0 fully saturated rings. The number of hydrogen-bond donors (Lipinski definition) is 3. The summed E-state index contributed by atoms with van der Waals surface area (Å²) in [5.41, 5.74) is 7.70. The van der Waals surface area contributed by atoms with E-state index in [-0.39, 0.29) is 12.5 Å². The van der Waals surface area contributed by atoms with Gasteiger partial charge < -0.3 is 15.9 Å². The van der Waals surface area contributed by atoms with Gasteiger partial charge in [-0.15, -0.1) is 0 Å². The monoisotopic (exact) mass is 237 g/mol. The second kappa shape index (κ2) is 6.37. The average molecular weight is 237 g/mol. The smallest absolute Gasteiger partial charge is 0.305 e. The summed E-state index contributed by atoms with van der Waals surface area (Å²) in [6.07, 6.45) is 1.17. The van der Waals surface area contributed by atoms with Crippen LogP contribution in [0.1, 0.15) is 36.9 Å². The van der Waals surface area contributed by atoms with Crippen LogP contribution in [0.5, 0.6) is 0 Å². The van der Waals surface area contributed by atoms with Crippen LogP contribution in [0.2, 0.25) is 0 Å². The zero-order chi connectivity index (χ0) is 12.8. The number of aliphatic hydroxyl groups is 1. The lowest BCUT2D eigenvalue weighted by Gasteiger charge is -2.10.